The predicted octanol–water partition coefficient (Wildman–Crippen LogP) is 3.42. The molecule has 1 heterocycles. The number of hydrogen-bond donors (Lipinski definition) is 1. The molecule has 2 aromatic carbocycles. The SMILES string of the molecule is CC1CN(C(=O)OCc2ccccc2)c2ccccc2NC1=O. The largest absolute Gasteiger partial charge is 0.444 e. The van der Waals surface area contributed by atoms with Crippen molar-refractivity contribution in [2.45, 2.75) is 13.5 Å². The molecule has 5 heteroatoms. The molecular weight excluding hydrogens is 292 g/mol. The molecule has 1 aliphatic rings. The summed E-state index contributed by atoms with van der Waals surface area (Å²) in [6.07, 6.45) is -0.454. The van der Waals surface area contributed by atoms with Gasteiger partial charge in [-0.25, -0.2) is 4.79 Å². The Morgan fingerprint density at radius 1 is 1.17 bits per heavy atom. The zero-order valence-electron chi connectivity index (χ0n) is 12.9. The highest BCUT2D eigenvalue weighted by Gasteiger charge is 2.29. The summed E-state index contributed by atoms with van der Waals surface area (Å²) in [5.74, 6) is -0.414. The van der Waals surface area contributed by atoms with Gasteiger partial charge in [-0.2, -0.15) is 0 Å². The molecule has 2 amide bonds. The molecule has 0 fully saturated rings. The van der Waals surface area contributed by atoms with Crippen molar-refractivity contribution in [3.05, 3.63) is 60.2 Å². The number of benzene rings is 2. The average Bonchev–Trinajstić information content (AvgIpc) is 2.71. The smallest absolute Gasteiger partial charge is 0.414 e. The van der Waals surface area contributed by atoms with Crippen molar-refractivity contribution in [2.75, 3.05) is 16.8 Å². The van der Waals surface area contributed by atoms with Crippen LogP contribution in [0.25, 0.3) is 0 Å². The Labute approximate surface area is 134 Å². The summed E-state index contributed by atoms with van der Waals surface area (Å²) in [4.78, 5) is 26.1. The lowest BCUT2D eigenvalue weighted by Crippen LogP contribution is -2.36. The lowest BCUT2D eigenvalue weighted by Gasteiger charge is -2.22. The van der Waals surface area contributed by atoms with Crippen molar-refractivity contribution in [2.24, 2.45) is 5.92 Å². The number of nitrogens with one attached hydrogen (secondary N) is 1. The van der Waals surface area contributed by atoms with E-state index in [9.17, 15) is 9.59 Å². The number of carbonyl (C=O) groups excluding carboxylic acids is 2. The predicted molar refractivity (Wildman–Crippen MR) is 88.2 cm³/mol. The van der Waals surface area contributed by atoms with Crippen LogP contribution in [0.1, 0.15) is 12.5 Å². The van der Waals surface area contributed by atoms with Crippen LogP contribution >= 0.6 is 0 Å². The van der Waals surface area contributed by atoms with Gasteiger partial charge >= 0.3 is 6.09 Å². The molecule has 3 rings (SSSR count). The molecule has 0 aliphatic carbocycles. The van der Waals surface area contributed by atoms with Gasteiger partial charge in [0.25, 0.3) is 0 Å². The third-order valence-electron chi connectivity index (χ3n) is 3.78. The first-order valence-electron chi connectivity index (χ1n) is 7.53. The molecule has 1 unspecified atom stereocenters. The first-order valence-corrected chi connectivity index (χ1v) is 7.53. The van der Waals surface area contributed by atoms with Gasteiger partial charge < -0.3 is 10.1 Å². The molecule has 0 spiro atoms. The number of anilines is 2. The van der Waals surface area contributed by atoms with Gasteiger partial charge in [-0.1, -0.05) is 49.4 Å². The minimum atomic E-state index is -0.454. The van der Waals surface area contributed by atoms with Crippen LogP contribution in [0.2, 0.25) is 0 Å². The molecule has 23 heavy (non-hydrogen) atoms. The van der Waals surface area contributed by atoms with E-state index >= 15 is 0 Å². The van der Waals surface area contributed by atoms with Gasteiger partial charge in [-0.15, -0.1) is 0 Å². The third kappa shape index (κ3) is 3.34. The van der Waals surface area contributed by atoms with Crippen LogP contribution in [0.3, 0.4) is 0 Å². The highest BCUT2D eigenvalue weighted by atomic mass is 16.6. The first kappa shape index (κ1) is 15.1. The molecular formula is C18H18N2O3. The quantitative estimate of drug-likeness (QED) is 0.924. The minimum Gasteiger partial charge on any atom is -0.444 e. The Bertz CT molecular complexity index is 715. The van der Waals surface area contributed by atoms with Crippen LogP contribution in [0, 0.1) is 5.92 Å². The number of rotatable bonds is 2. The number of para-hydroxylation sites is 2. The van der Waals surface area contributed by atoms with E-state index in [4.69, 9.17) is 4.74 Å². The van der Waals surface area contributed by atoms with E-state index in [-0.39, 0.29) is 25.0 Å². The van der Waals surface area contributed by atoms with Crippen molar-refractivity contribution in [1.29, 1.82) is 0 Å². The van der Waals surface area contributed by atoms with Gasteiger partial charge in [0, 0.05) is 6.54 Å². The van der Waals surface area contributed by atoms with E-state index in [0.717, 1.165) is 5.56 Å². The second-order valence-electron chi connectivity index (χ2n) is 5.56. The second kappa shape index (κ2) is 6.52. The van der Waals surface area contributed by atoms with Crippen LogP contribution in [0.4, 0.5) is 16.2 Å². The monoisotopic (exact) mass is 310 g/mol. The number of hydrogen-bond acceptors (Lipinski definition) is 3. The van der Waals surface area contributed by atoms with E-state index < -0.39 is 6.09 Å². The average molecular weight is 310 g/mol. The van der Waals surface area contributed by atoms with Crippen molar-refractivity contribution >= 4 is 23.4 Å². The number of fused-ring (bicyclic) bond motifs is 1. The van der Waals surface area contributed by atoms with Crippen molar-refractivity contribution < 1.29 is 14.3 Å². The van der Waals surface area contributed by atoms with Gasteiger partial charge in [0.15, 0.2) is 0 Å². The maximum Gasteiger partial charge on any atom is 0.414 e. The van der Waals surface area contributed by atoms with Crippen LogP contribution in [0.5, 0.6) is 0 Å². The van der Waals surface area contributed by atoms with Gasteiger partial charge in [0.1, 0.15) is 6.61 Å². The summed E-state index contributed by atoms with van der Waals surface area (Å²) < 4.78 is 5.41. The second-order valence-corrected chi connectivity index (χ2v) is 5.56. The third-order valence-corrected chi connectivity index (χ3v) is 3.78. The summed E-state index contributed by atoms with van der Waals surface area (Å²) in [7, 11) is 0. The molecule has 0 saturated carbocycles. The lowest BCUT2D eigenvalue weighted by atomic mass is 10.1. The lowest BCUT2D eigenvalue weighted by molar-refractivity contribution is -0.119. The van der Waals surface area contributed by atoms with Crippen molar-refractivity contribution in [3.63, 3.8) is 0 Å². The Hall–Kier alpha value is -2.82. The van der Waals surface area contributed by atoms with Gasteiger partial charge in [0.2, 0.25) is 5.91 Å². The molecule has 0 bridgehead atoms. The highest BCUT2D eigenvalue weighted by molar-refractivity contribution is 6.02. The zero-order valence-corrected chi connectivity index (χ0v) is 12.9. The van der Waals surface area contributed by atoms with Crippen LogP contribution in [-0.4, -0.2) is 18.5 Å². The summed E-state index contributed by atoms with van der Waals surface area (Å²) in [6.45, 7) is 2.28. The van der Waals surface area contributed by atoms with Gasteiger partial charge in [-0.05, 0) is 17.7 Å². The summed E-state index contributed by atoms with van der Waals surface area (Å²) in [5.41, 5.74) is 2.20. The number of carbonyl (C=O) groups is 2. The fourth-order valence-electron chi connectivity index (χ4n) is 2.50. The van der Waals surface area contributed by atoms with Crippen molar-refractivity contribution in [1.82, 2.24) is 0 Å². The van der Waals surface area contributed by atoms with Crippen molar-refractivity contribution in [3.8, 4) is 0 Å². The van der Waals surface area contributed by atoms with E-state index in [2.05, 4.69) is 5.32 Å². The molecule has 1 atom stereocenters. The minimum absolute atomic E-state index is 0.101. The molecule has 0 aromatic heterocycles. The first-order chi connectivity index (χ1) is 11.1. The standard InChI is InChI=1S/C18H18N2O3/c1-13-11-20(16-10-6-5-9-15(16)19-17(13)21)18(22)23-12-14-7-3-2-4-8-14/h2-10,13H,11-12H2,1H3,(H,19,21). The molecule has 118 valence electrons. The van der Waals surface area contributed by atoms with Gasteiger partial charge in [0.05, 0.1) is 17.3 Å². The summed E-state index contributed by atoms with van der Waals surface area (Å²) in [5, 5.41) is 2.84. The molecule has 0 radical (unpaired) electrons. The number of ether oxygens (including phenoxy) is 1. The Balaban J connectivity index is 1.80. The summed E-state index contributed by atoms with van der Waals surface area (Å²) in [6, 6.07) is 16.7. The summed E-state index contributed by atoms with van der Waals surface area (Å²) >= 11 is 0. The Kier molecular flexibility index (Phi) is 4.28. The van der Waals surface area contributed by atoms with Crippen LogP contribution in [0.15, 0.2) is 54.6 Å². The normalized spacial score (nSPS) is 17.0. The molecule has 1 N–H and O–H groups in total. The van der Waals surface area contributed by atoms with Crippen LogP contribution in [-0.2, 0) is 16.1 Å². The molecule has 1 aliphatic heterocycles. The highest BCUT2D eigenvalue weighted by Crippen LogP contribution is 2.30. The number of amides is 2. The van der Waals surface area contributed by atoms with E-state index in [1.807, 2.05) is 42.5 Å². The van der Waals surface area contributed by atoms with E-state index in [1.165, 1.54) is 4.90 Å². The topological polar surface area (TPSA) is 58.6 Å². The van der Waals surface area contributed by atoms with E-state index in [0.29, 0.717) is 11.4 Å². The van der Waals surface area contributed by atoms with Crippen LogP contribution < -0.4 is 10.2 Å². The molecule has 2 aromatic rings. The Morgan fingerprint density at radius 3 is 2.65 bits per heavy atom. The fraction of sp³-hybridized carbons (Fsp3) is 0.222. The maximum absolute atomic E-state index is 12.5. The Morgan fingerprint density at radius 2 is 1.87 bits per heavy atom. The van der Waals surface area contributed by atoms with E-state index in [1.54, 1.807) is 19.1 Å². The zero-order chi connectivity index (χ0) is 16.2. The maximum atomic E-state index is 12.5. The fourth-order valence-corrected chi connectivity index (χ4v) is 2.50. The van der Waals surface area contributed by atoms with Gasteiger partial charge in [-0.3, -0.25) is 9.69 Å². The molecule has 0 saturated heterocycles. The number of nitrogens with zero attached hydrogens (tertiary/aromatic N) is 1. The molecule has 5 nitrogen and oxygen atoms in total.